The van der Waals surface area contributed by atoms with Crippen molar-refractivity contribution in [3.63, 3.8) is 0 Å². The summed E-state index contributed by atoms with van der Waals surface area (Å²) in [6, 6.07) is 10.9. The van der Waals surface area contributed by atoms with E-state index < -0.39 is 0 Å². The van der Waals surface area contributed by atoms with Crippen LogP contribution in [0.2, 0.25) is 0 Å². The van der Waals surface area contributed by atoms with Crippen LogP contribution < -0.4 is 0 Å². The van der Waals surface area contributed by atoms with Gasteiger partial charge in [0, 0.05) is 3.42 Å². The van der Waals surface area contributed by atoms with Gasteiger partial charge in [-0.25, -0.2) is 0 Å². The summed E-state index contributed by atoms with van der Waals surface area (Å²) in [5.41, 5.74) is 1.49. The van der Waals surface area contributed by atoms with E-state index in [0.29, 0.717) is 3.42 Å². The van der Waals surface area contributed by atoms with Gasteiger partial charge in [-0.2, -0.15) is 0 Å². The fraction of sp³-hybridized carbons (Fsp3) is 0.500. The standard InChI is InChI=1S/C12H16IN/c1-14-9-7-12(13,8-10-14)11-5-3-2-4-6-11/h2-6H,7-10H2,1H3. The lowest BCUT2D eigenvalue weighted by Crippen LogP contribution is -2.36. The molecular weight excluding hydrogens is 285 g/mol. The second kappa shape index (κ2) is 4.19. The minimum absolute atomic E-state index is 0.380. The monoisotopic (exact) mass is 301 g/mol. The van der Waals surface area contributed by atoms with E-state index in [4.69, 9.17) is 0 Å². The van der Waals surface area contributed by atoms with Crippen molar-refractivity contribution in [3.05, 3.63) is 35.9 Å². The predicted molar refractivity (Wildman–Crippen MR) is 68.9 cm³/mol. The minimum atomic E-state index is 0.380. The largest absolute Gasteiger partial charge is 0.306 e. The van der Waals surface area contributed by atoms with Crippen molar-refractivity contribution >= 4 is 22.6 Å². The number of alkyl halides is 1. The number of nitrogens with zero attached hydrogens (tertiary/aromatic N) is 1. The van der Waals surface area contributed by atoms with Crippen molar-refractivity contribution in [2.45, 2.75) is 16.3 Å². The molecule has 0 atom stereocenters. The van der Waals surface area contributed by atoms with Gasteiger partial charge in [0.25, 0.3) is 0 Å². The van der Waals surface area contributed by atoms with E-state index in [1.165, 1.54) is 31.5 Å². The maximum atomic E-state index is 2.64. The number of hydrogen-bond acceptors (Lipinski definition) is 1. The van der Waals surface area contributed by atoms with Crippen molar-refractivity contribution < 1.29 is 0 Å². The Balaban J connectivity index is 2.17. The number of benzene rings is 1. The summed E-state index contributed by atoms with van der Waals surface area (Å²) < 4.78 is 0.380. The number of halogens is 1. The molecular formula is C12H16IN. The molecule has 14 heavy (non-hydrogen) atoms. The predicted octanol–water partition coefficient (Wildman–Crippen LogP) is 3.04. The summed E-state index contributed by atoms with van der Waals surface area (Å²) in [5.74, 6) is 0. The van der Waals surface area contributed by atoms with Gasteiger partial charge < -0.3 is 4.90 Å². The first-order valence-corrected chi connectivity index (χ1v) is 6.22. The second-order valence-electron chi connectivity index (χ2n) is 4.13. The molecule has 1 nitrogen and oxygen atoms in total. The molecule has 0 saturated carbocycles. The lowest BCUT2D eigenvalue weighted by molar-refractivity contribution is 0.248. The van der Waals surface area contributed by atoms with Crippen molar-refractivity contribution in [1.82, 2.24) is 4.90 Å². The fourth-order valence-electron chi connectivity index (χ4n) is 2.00. The Kier molecular flexibility index (Phi) is 3.12. The molecule has 2 heteroatoms. The average Bonchev–Trinajstić information content (AvgIpc) is 2.24. The highest BCUT2D eigenvalue weighted by molar-refractivity contribution is 14.1. The zero-order chi connectivity index (χ0) is 10.0. The van der Waals surface area contributed by atoms with Crippen LogP contribution in [0, 0.1) is 0 Å². The third kappa shape index (κ3) is 2.11. The van der Waals surface area contributed by atoms with Crippen LogP contribution in [-0.2, 0) is 3.42 Å². The summed E-state index contributed by atoms with van der Waals surface area (Å²) in [5, 5.41) is 0. The van der Waals surface area contributed by atoms with E-state index in [0.717, 1.165) is 0 Å². The molecule has 1 aliphatic rings. The molecule has 1 fully saturated rings. The molecule has 76 valence electrons. The van der Waals surface area contributed by atoms with Crippen LogP contribution >= 0.6 is 22.6 Å². The summed E-state index contributed by atoms with van der Waals surface area (Å²) in [6.07, 6.45) is 2.54. The van der Waals surface area contributed by atoms with Gasteiger partial charge in [-0.1, -0.05) is 52.9 Å². The first kappa shape index (κ1) is 10.4. The van der Waals surface area contributed by atoms with Crippen LogP contribution in [0.3, 0.4) is 0 Å². The molecule has 0 spiro atoms. The number of hydrogen-bond donors (Lipinski definition) is 0. The van der Waals surface area contributed by atoms with Crippen molar-refractivity contribution in [3.8, 4) is 0 Å². The molecule has 1 saturated heterocycles. The van der Waals surface area contributed by atoms with Crippen molar-refractivity contribution in [1.29, 1.82) is 0 Å². The summed E-state index contributed by atoms with van der Waals surface area (Å²) in [4.78, 5) is 2.42. The van der Waals surface area contributed by atoms with Crippen LogP contribution in [0.25, 0.3) is 0 Å². The molecule has 0 aliphatic carbocycles. The lowest BCUT2D eigenvalue weighted by atomic mass is 9.89. The zero-order valence-electron chi connectivity index (χ0n) is 8.54. The molecule has 0 bridgehead atoms. The maximum Gasteiger partial charge on any atom is 0.0494 e. The number of rotatable bonds is 1. The quantitative estimate of drug-likeness (QED) is 0.569. The fourth-order valence-corrected chi connectivity index (χ4v) is 2.84. The van der Waals surface area contributed by atoms with E-state index in [1.54, 1.807) is 0 Å². The molecule has 1 aromatic rings. The highest BCUT2D eigenvalue weighted by Crippen LogP contribution is 2.41. The van der Waals surface area contributed by atoms with Crippen molar-refractivity contribution in [2.75, 3.05) is 20.1 Å². The van der Waals surface area contributed by atoms with Gasteiger partial charge in [0.1, 0.15) is 0 Å². The summed E-state index contributed by atoms with van der Waals surface area (Å²) in [6.45, 7) is 2.44. The van der Waals surface area contributed by atoms with Crippen LogP contribution in [0.5, 0.6) is 0 Å². The van der Waals surface area contributed by atoms with E-state index in [1.807, 2.05) is 0 Å². The summed E-state index contributed by atoms with van der Waals surface area (Å²) >= 11 is 2.64. The SMILES string of the molecule is CN1CCC(I)(c2ccccc2)CC1. The third-order valence-corrected chi connectivity index (χ3v) is 4.77. The van der Waals surface area contributed by atoms with E-state index in [2.05, 4.69) is 64.9 Å². The topological polar surface area (TPSA) is 3.24 Å². The number of likely N-dealkylation sites (tertiary alicyclic amines) is 1. The molecule has 0 unspecified atom stereocenters. The Hall–Kier alpha value is -0.0900. The maximum absolute atomic E-state index is 2.64. The normalized spacial score (nSPS) is 22.1. The van der Waals surface area contributed by atoms with Gasteiger partial charge in [0.2, 0.25) is 0 Å². The van der Waals surface area contributed by atoms with Crippen LogP contribution in [0.4, 0.5) is 0 Å². The Labute approximate surface area is 99.6 Å². The molecule has 1 aliphatic heterocycles. The lowest BCUT2D eigenvalue weighted by Gasteiger charge is -2.36. The highest BCUT2D eigenvalue weighted by atomic mass is 127. The molecule has 2 rings (SSSR count). The van der Waals surface area contributed by atoms with Gasteiger partial charge in [-0.3, -0.25) is 0 Å². The smallest absolute Gasteiger partial charge is 0.0494 e. The molecule has 1 aromatic carbocycles. The van der Waals surface area contributed by atoms with Gasteiger partial charge >= 0.3 is 0 Å². The minimum Gasteiger partial charge on any atom is -0.306 e. The first-order chi connectivity index (χ1) is 6.71. The van der Waals surface area contributed by atoms with E-state index in [-0.39, 0.29) is 0 Å². The zero-order valence-corrected chi connectivity index (χ0v) is 10.7. The van der Waals surface area contributed by atoms with E-state index in [9.17, 15) is 0 Å². The third-order valence-electron chi connectivity index (χ3n) is 3.07. The van der Waals surface area contributed by atoms with Gasteiger partial charge in [0.05, 0.1) is 0 Å². The Bertz CT molecular complexity index is 288. The van der Waals surface area contributed by atoms with Crippen LogP contribution in [0.15, 0.2) is 30.3 Å². The second-order valence-corrected chi connectivity index (χ2v) is 6.20. The number of piperidine rings is 1. The average molecular weight is 301 g/mol. The Morgan fingerprint density at radius 2 is 1.71 bits per heavy atom. The molecule has 0 radical (unpaired) electrons. The van der Waals surface area contributed by atoms with Crippen LogP contribution in [-0.4, -0.2) is 25.0 Å². The molecule has 0 amide bonds. The van der Waals surface area contributed by atoms with Gasteiger partial charge in [0.15, 0.2) is 0 Å². The summed E-state index contributed by atoms with van der Waals surface area (Å²) in [7, 11) is 2.21. The molecule has 0 aromatic heterocycles. The first-order valence-electron chi connectivity index (χ1n) is 5.14. The van der Waals surface area contributed by atoms with Gasteiger partial charge in [-0.05, 0) is 38.5 Å². The Morgan fingerprint density at radius 1 is 1.14 bits per heavy atom. The van der Waals surface area contributed by atoms with Crippen LogP contribution in [0.1, 0.15) is 18.4 Å². The van der Waals surface area contributed by atoms with E-state index >= 15 is 0 Å². The molecule has 1 heterocycles. The van der Waals surface area contributed by atoms with Gasteiger partial charge in [-0.15, -0.1) is 0 Å². The van der Waals surface area contributed by atoms with Crippen molar-refractivity contribution in [2.24, 2.45) is 0 Å². The highest BCUT2D eigenvalue weighted by Gasteiger charge is 2.31. The Morgan fingerprint density at radius 3 is 2.29 bits per heavy atom. The molecule has 0 N–H and O–H groups in total.